The van der Waals surface area contributed by atoms with E-state index in [0.717, 1.165) is 44.1 Å². The maximum absolute atomic E-state index is 13.6. The molecule has 0 saturated carbocycles. The molecular weight excluding hydrogens is 394 g/mol. The Bertz CT molecular complexity index is 710. The van der Waals surface area contributed by atoms with Crippen molar-refractivity contribution in [1.29, 1.82) is 0 Å². The molecule has 1 amide bonds. The third-order valence-corrected chi connectivity index (χ3v) is 5.72. The molecule has 1 fully saturated rings. The summed E-state index contributed by atoms with van der Waals surface area (Å²) < 4.78 is 32.4. The number of thioether (sulfide) groups is 1. The Morgan fingerprint density at radius 1 is 1.37 bits per heavy atom. The summed E-state index contributed by atoms with van der Waals surface area (Å²) in [5.74, 6) is -2.15. The SMILES string of the molecule is CC1CCN(C(=S)SCC(=O)O[C@H](C)C(=O)Nc2cc(F)ccc2F)CC1. The van der Waals surface area contributed by atoms with Crippen LogP contribution in [0.15, 0.2) is 18.2 Å². The third-order valence-electron chi connectivity index (χ3n) is 4.22. The number of nitrogens with one attached hydrogen (secondary N) is 1. The number of likely N-dealkylation sites (tertiary alicyclic amines) is 1. The van der Waals surface area contributed by atoms with Crippen LogP contribution in [0.5, 0.6) is 0 Å². The van der Waals surface area contributed by atoms with Gasteiger partial charge >= 0.3 is 5.97 Å². The molecule has 1 aliphatic heterocycles. The zero-order valence-electron chi connectivity index (χ0n) is 15.2. The van der Waals surface area contributed by atoms with Crippen LogP contribution in [0.1, 0.15) is 26.7 Å². The van der Waals surface area contributed by atoms with Gasteiger partial charge in [0, 0.05) is 19.2 Å². The topological polar surface area (TPSA) is 58.6 Å². The lowest BCUT2D eigenvalue weighted by Gasteiger charge is -2.31. The quantitative estimate of drug-likeness (QED) is 0.585. The fourth-order valence-electron chi connectivity index (χ4n) is 2.52. The molecule has 1 heterocycles. The summed E-state index contributed by atoms with van der Waals surface area (Å²) in [6, 6.07) is 2.70. The molecule has 1 N–H and O–H groups in total. The second-order valence-electron chi connectivity index (χ2n) is 6.47. The smallest absolute Gasteiger partial charge is 0.317 e. The van der Waals surface area contributed by atoms with Crippen LogP contribution < -0.4 is 5.32 Å². The lowest BCUT2D eigenvalue weighted by molar-refractivity contribution is -0.150. The third kappa shape index (κ3) is 6.73. The van der Waals surface area contributed by atoms with E-state index in [1.807, 2.05) is 0 Å². The zero-order chi connectivity index (χ0) is 20.0. The molecule has 2 rings (SSSR count). The van der Waals surface area contributed by atoms with E-state index in [4.69, 9.17) is 17.0 Å². The highest BCUT2D eigenvalue weighted by atomic mass is 32.2. The summed E-state index contributed by atoms with van der Waals surface area (Å²) in [5.41, 5.74) is -0.308. The minimum atomic E-state index is -1.15. The van der Waals surface area contributed by atoms with E-state index >= 15 is 0 Å². The van der Waals surface area contributed by atoms with Gasteiger partial charge in [-0.1, -0.05) is 30.9 Å². The molecule has 0 aromatic heterocycles. The number of amides is 1. The number of anilines is 1. The van der Waals surface area contributed by atoms with Gasteiger partial charge < -0.3 is 15.0 Å². The van der Waals surface area contributed by atoms with Gasteiger partial charge in [0.2, 0.25) is 0 Å². The van der Waals surface area contributed by atoms with E-state index in [9.17, 15) is 18.4 Å². The van der Waals surface area contributed by atoms with Crippen LogP contribution in [0, 0.1) is 17.6 Å². The van der Waals surface area contributed by atoms with Gasteiger partial charge in [0.25, 0.3) is 5.91 Å². The number of esters is 1. The number of carbonyl (C=O) groups excluding carboxylic acids is 2. The van der Waals surface area contributed by atoms with Crippen molar-refractivity contribution in [3.63, 3.8) is 0 Å². The van der Waals surface area contributed by atoms with Crippen LogP contribution in [0.25, 0.3) is 0 Å². The Morgan fingerprint density at radius 3 is 2.70 bits per heavy atom. The maximum Gasteiger partial charge on any atom is 0.317 e. The van der Waals surface area contributed by atoms with Gasteiger partial charge in [0.05, 0.1) is 11.4 Å². The molecular formula is C18H22F2N2O3S2. The highest BCUT2D eigenvalue weighted by Gasteiger charge is 2.22. The first-order valence-electron chi connectivity index (χ1n) is 8.63. The predicted octanol–water partition coefficient (Wildman–Crippen LogP) is 3.59. The molecule has 0 unspecified atom stereocenters. The van der Waals surface area contributed by atoms with E-state index in [-0.39, 0.29) is 11.4 Å². The van der Waals surface area contributed by atoms with Crippen molar-refractivity contribution >= 4 is 45.9 Å². The standard InChI is InChI=1S/C18H22F2N2O3S2/c1-11-5-7-22(8-6-11)18(26)27-10-16(23)25-12(2)17(24)21-15-9-13(19)3-4-14(15)20/h3-4,9,11-12H,5-8,10H2,1-2H3,(H,21,24)/t12-/m1/s1. The van der Waals surface area contributed by atoms with E-state index in [1.54, 1.807) is 0 Å². The Morgan fingerprint density at radius 2 is 2.04 bits per heavy atom. The number of thiocarbonyl (C=S) groups is 1. The van der Waals surface area contributed by atoms with Gasteiger partial charge in [-0.25, -0.2) is 8.78 Å². The molecule has 1 aromatic carbocycles. The lowest BCUT2D eigenvalue weighted by atomic mass is 10.00. The van der Waals surface area contributed by atoms with Crippen LogP contribution >= 0.6 is 24.0 Å². The number of halogens is 2. The molecule has 148 valence electrons. The van der Waals surface area contributed by atoms with Gasteiger partial charge in [0.1, 0.15) is 16.0 Å². The minimum Gasteiger partial charge on any atom is -0.452 e. The molecule has 9 heteroatoms. The van der Waals surface area contributed by atoms with E-state index in [1.165, 1.54) is 18.7 Å². The first-order valence-corrected chi connectivity index (χ1v) is 10.0. The monoisotopic (exact) mass is 416 g/mol. The Balaban J connectivity index is 1.76. The summed E-state index contributed by atoms with van der Waals surface area (Å²) in [7, 11) is 0. The summed E-state index contributed by atoms with van der Waals surface area (Å²) in [6.07, 6.45) is 0.989. The highest BCUT2D eigenvalue weighted by molar-refractivity contribution is 8.23. The predicted molar refractivity (Wildman–Crippen MR) is 106 cm³/mol. The van der Waals surface area contributed by atoms with Crippen molar-refractivity contribution < 1.29 is 23.1 Å². The van der Waals surface area contributed by atoms with Crippen LogP contribution in [-0.4, -0.2) is 46.0 Å². The Hall–Kier alpha value is -1.74. The second kappa shape index (κ2) is 9.98. The number of hydrogen-bond acceptors (Lipinski definition) is 5. The summed E-state index contributed by atoms with van der Waals surface area (Å²) >= 11 is 6.53. The normalized spacial score (nSPS) is 15.9. The molecule has 0 spiro atoms. The molecule has 0 radical (unpaired) electrons. The second-order valence-corrected chi connectivity index (χ2v) is 8.08. The summed E-state index contributed by atoms with van der Waals surface area (Å²) in [5, 5.41) is 2.20. The minimum absolute atomic E-state index is 0.0170. The van der Waals surface area contributed by atoms with Crippen molar-refractivity contribution in [3.05, 3.63) is 29.8 Å². The van der Waals surface area contributed by atoms with E-state index in [2.05, 4.69) is 17.1 Å². The fourth-order valence-corrected chi connectivity index (χ4v) is 3.55. The molecule has 1 saturated heterocycles. The van der Waals surface area contributed by atoms with Gasteiger partial charge in [-0.2, -0.15) is 0 Å². The number of ether oxygens (including phenoxy) is 1. The average Bonchev–Trinajstić information content (AvgIpc) is 2.63. The number of nitrogens with zero attached hydrogens (tertiary/aromatic N) is 1. The van der Waals surface area contributed by atoms with Gasteiger partial charge in [-0.3, -0.25) is 9.59 Å². The Kier molecular flexibility index (Phi) is 7.97. The van der Waals surface area contributed by atoms with Crippen LogP contribution in [-0.2, 0) is 14.3 Å². The fraction of sp³-hybridized carbons (Fsp3) is 0.500. The summed E-state index contributed by atoms with van der Waals surface area (Å²) in [6.45, 7) is 5.31. The molecule has 27 heavy (non-hydrogen) atoms. The number of hydrogen-bond donors (Lipinski definition) is 1. The number of carbonyl (C=O) groups is 2. The summed E-state index contributed by atoms with van der Waals surface area (Å²) in [4.78, 5) is 26.0. The van der Waals surface area contributed by atoms with E-state index < -0.39 is 29.6 Å². The van der Waals surface area contributed by atoms with Crippen LogP contribution in [0.2, 0.25) is 0 Å². The largest absolute Gasteiger partial charge is 0.452 e. The highest BCUT2D eigenvalue weighted by Crippen LogP contribution is 2.20. The van der Waals surface area contributed by atoms with Gasteiger partial charge in [0.15, 0.2) is 6.10 Å². The van der Waals surface area contributed by atoms with E-state index in [0.29, 0.717) is 10.2 Å². The molecule has 1 atom stereocenters. The molecule has 5 nitrogen and oxygen atoms in total. The average molecular weight is 417 g/mol. The zero-order valence-corrected chi connectivity index (χ0v) is 16.8. The van der Waals surface area contributed by atoms with Crippen molar-refractivity contribution in [3.8, 4) is 0 Å². The number of piperidine rings is 1. The lowest BCUT2D eigenvalue weighted by Crippen LogP contribution is -2.36. The van der Waals surface area contributed by atoms with Gasteiger partial charge in [-0.15, -0.1) is 0 Å². The van der Waals surface area contributed by atoms with Crippen molar-refractivity contribution in [1.82, 2.24) is 4.90 Å². The van der Waals surface area contributed by atoms with Crippen LogP contribution in [0.3, 0.4) is 0 Å². The molecule has 1 aliphatic rings. The molecule has 0 bridgehead atoms. The van der Waals surface area contributed by atoms with Crippen LogP contribution in [0.4, 0.5) is 14.5 Å². The Labute approximate surface area is 166 Å². The van der Waals surface area contributed by atoms with Crippen molar-refractivity contribution in [2.24, 2.45) is 5.92 Å². The van der Waals surface area contributed by atoms with Crippen molar-refractivity contribution in [2.75, 3.05) is 24.2 Å². The molecule has 1 aromatic rings. The first kappa shape index (κ1) is 21.6. The van der Waals surface area contributed by atoms with Gasteiger partial charge in [-0.05, 0) is 37.8 Å². The maximum atomic E-state index is 13.6. The number of benzene rings is 1. The number of rotatable bonds is 5. The first-order chi connectivity index (χ1) is 12.8. The molecule has 0 aliphatic carbocycles. The van der Waals surface area contributed by atoms with Crippen molar-refractivity contribution in [2.45, 2.75) is 32.8 Å².